The maximum absolute atomic E-state index is 12.6. The largest absolute Gasteiger partial charge is 0.398 e. The fourth-order valence-electron chi connectivity index (χ4n) is 1.92. The quantitative estimate of drug-likeness (QED) is 0.873. The van der Waals surface area contributed by atoms with Crippen molar-refractivity contribution in [1.82, 2.24) is 0 Å². The van der Waals surface area contributed by atoms with Crippen LogP contribution >= 0.6 is 0 Å². The van der Waals surface area contributed by atoms with Gasteiger partial charge in [0.15, 0.2) is 0 Å². The Morgan fingerprint density at radius 3 is 2.16 bits per heavy atom. The lowest BCUT2D eigenvalue weighted by atomic mass is 10.3. The minimum atomic E-state index is -3.63. The number of anilines is 2. The van der Waals surface area contributed by atoms with E-state index in [2.05, 4.69) is 0 Å². The zero-order valence-electron chi connectivity index (χ0n) is 10.7. The molecule has 2 N–H and O–H groups in total. The summed E-state index contributed by atoms with van der Waals surface area (Å²) in [7, 11) is -3.63. The number of nitrogen functional groups attached to an aromatic ring is 1. The van der Waals surface area contributed by atoms with E-state index in [1.165, 1.54) is 10.4 Å². The van der Waals surface area contributed by atoms with Crippen molar-refractivity contribution in [2.45, 2.75) is 11.8 Å². The highest BCUT2D eigenvalue weighted by molar-refractivity contribution is 7.93. The van der Waals surface area contributed by atoms with E-state index >= 15 is 0 Å². The molecule has 19 heavy (non-hydrogen) atoms. The molecule has 0 spiro atoms. The zero-order valence-corrected chi connectivity index (χ0v) is 11.5. The van der Waals surface area contributed by atoms with E-state index < -0.39 is 10.0 Å². The maximum atomic E-state index is 12.6. The van der Waals surface area contributed by atoms with Crippen LogP contribution < -0.4 is 10.0 Å². The Morgan fingerprint density at radius 2 is 1.58 bits per heavy atom. The smallest absolute Gasteiger partial charge is 0.266 e. The van der Waals surface area contributed by atoms with E-state index in [0.717, 1.165) is 0 Å². The summed E-state index contributed by atoms with van der Waals surface area (Å²) in [6, 6.07) is 15.5. The minimum absolute atomic E-state index is 0.140. The Morgan fingerprint density at radius 1 is 1.00 bits per heavy atom. The molecule has 0 atom stereocenters. The monoisotopic (exact) mass is 276 g/mol. The van der Waals surface area contributed by atoms with Crippen LogP contribution in [0.5, 0.6) is 0 Å². The third-order valence-electron chi connectivity index (χ3n) is 2.82. The highest BCUT2D eigenvalue weighted by atomic mass is 32.2. The van der Waals surface area contributed by atoms with Gasteiger partial charge in [0.1, 0.15) is 4.90 Å². The van der Waals surface area contributed by atoms with E-state index in [0.29, 0.717) is 12.2 Å². The summed E-state index contributed by atoms with van der Waals surface area (Å²) in [6.45, 7) is 2.14. The Bertz CT molecular complexity index is 654. The number of rotatable bonds is 4. The number of nitrogens with two attached hydrogens (primary N) is 1. The van der Waals surface area contributed by atoms with Crippen LogP contribution in [-0.4, -0.2) is 15.0 Å². The summed E-state index contributed by atoms with van der Waals surface area (Å²) in [5, 5.41) is 0. The Kier molecular flexibility index (Phi) is 3.76. The van der Waals surface area contributed by atoms with Gasteiger partial charge in [-0.2, -0.15) is 0 Å². The van der Waals surface area contributed by atoms with E-state index in [-0.39, 0.29) is 10.6 Å². The van der Waals surface area contributed by atoms with Gasteiger partial charge in [-0.1, -0.05) is 30.3 Å². The summed E-state index contributed by atoms with van der Waals surface area (Å²) in [4.78, 5) is 0.140. The number of benzene rings is 2. The second-order valence-corrected chi connectivity index (χ2v) is 5.87. The van der Waals surface area contributed by atoms with Gasteiger partial charge in [0.05, 0.1) is 11.4 Å². The van der Waals surface area contributed by atoms with Crippen molar-refractivity contribution in [2.75, 3.05) is 16.6 Å². The molecule has 0 bridgehead atoms. The molecule has 0 heterocycles. The van der Waals surface area contributed by atoms with Gasteiger partial charge >= 0.3 is 0 Å². The molecule has 0 aromatic heterocycles. The predicted octanol–water partition coefficient (Wildman–Crippen LogP) is 2.48. The van der Waals surface area contributed by atoms with Crippen LogP contribution in [0.25, 0.3) is 0 Å². The van der Waals surface area contributed by atoms with Crippen LogP contribution in [0.4, 0.5) is 11.4 Å². The van der Waals surface area contributed by atoms with Gasteiger partial charge in [-0.25, -0.2) is 8.42 Å². The van der Waals surface area contributed by atoms with Gasteiger partial charge in [-0.3, -0.25) is 4.31 Å². The first-order chi connectivity index (χ1) is 9.07. The van der Waals surface area contributed by atoms with Gasteiger partial charge in [-0.15, -0.1) is 0 Å². The molecule has 0 saturated carbocycles. The van der Waals surface area contributed by atoms with Crippen molar-refractivity contribution in [3.8, 4) is 0 Å². The highest BCUT2D eigenvalue weighted by Crippen LogP contribution is 2.26. The average Bonchev–Trinajstić information content (AvgIpc) is 2.40. The molecule has 100 valence electrons. The molecule has 0 aliphatic rings. The van der Waals surface area contributed by atoms with Crippen LogP contribution in [0.2, 0.25) is 0 Å². The normalized spacial score (nSPS) is 11.2. The lowest BCUT2D eigenvalue weighted by molar-refractivity contribution is 0.592. The summed E-state index contributed by atoms with van der Waals surface area (Å²) >= 11 is 0. The lowest BCUT2D eigenvalue weighted by Crippen LogP contribution is -2.31. The van der Waals surface area contributed by atoms with Crippen molar-refractivity contribution in [3.63, 3.8) is 0 Å². The van der Waals surface area contributed by atoms with Crippen molar-refractivity contribution in [3.05, 3.63) is 54.6 Å². The van der Waals surface area contributed by atoms with E-state index in [1.54, 1.807) is 37.3 Å². The average molecular weight is 276 g/mol. The van der Waals surface area contributed by atoms with Crippen molar-refractivity contribution in [1.29, 1.82) is 0 Å². The summed E-state index contributed by atoms with van der Waals surface area (Å²) in [6.07, 6.45) is 0. The fraction of sp³-hybridized carbons (Fsp3) is 0.143. The summed E-state index contributed by atoms with van der Waals surface area (Å²) in [5.74, 6) is 0. The lowest BCUT2D eigenvalue weighted by Gasteiger charge is -2.23. The van der Waals surface area contributed by atoms with Crippen molar-refractivity contribution >= 4 is 21.4 Å². The standard InChI is InChI=1S/C14H16N2O2S/c1-2-16(12-8-4-3-5-9-12)19(17,18)14-11-7-6-10-13(14)15/h3-11H,2,15H2,1H3. The molecule has 0 amide bonds. The van der Waals surface area contributed by atoms with Crippen molar-refractivity contribution in [2.24, 2.45) is 0 Å². The van der Waals surface area contributed by atoms with Crippen LogP contribution in [-0.2, 0) is 10.0 Å². The number of hydrogen-bond acceptors (Lipinski definition) is 3. The third kappa shape index (κ3) is 2.56. The van der Waals surface area contributed by atoms with E-state index in [1.807, 2.05) is 18.2 Å². The molecule has 0 radical (unpaired) electrons. The number of hydrogen-bond donors (Lipinski definition) is 1. The van der Waals surface area contributed by atoms with Gasteiger partial charge < -0.3 is 5.73 Å². The predicted molar refractivity (Wildman–Crippen MR) is 77.5 cm³/mol. The minimum Gasteiger partial charge on any atom is -0.398 e. The Hall–Kier alpha value is -2.01. The van der Waals surface area contributed by atoms with Crippen LogP contribution in [0.15, 0.2) is 59.5 Å². The molecule has 5 heteroatoms. The van der Waals surface area contributed by atoms with E-state index in [4.69, 9.17) is 5.73 Å². The summed E-state index contributed by atoms with van der Waals surface area (Å²) < 4.78 is 26.6. The molecule has 2 aromatic carbocycles. The van der Waals surface area contributed by atoms with Gasteiger partial charge in [0, 0.05) is 6.54 Å². The van der Waals surface area contributed by atoms with Crippen molar-refractivity contribution < 1.29 is 8.42 Å². The fourth-order valence-corrected chi connectivity index (χ4v) is 3.51. The first kappa shape index (κ1) is 13.4. The second-order valence-electron chi connectivity index (χ2n) is 4.04. The van der Waals surface area contributed by atoms with Crippen LogP contribution in [0, 0.1) is 0 Å². The summed E-state index contributed by atoms with van der Waals surface area (Å²) in [5.41, 5.74) is 6.67. The Balaban J connectivity index is 2.52. The molecule has 0 saturated heterocycles. The number of nitrogens with zero attached hydrogens (tertiary/aromatic N) is 1. The van der Waals surface area contributed by atoms with Crippen LogP contribution in [0.3, 0.4) is 0 Å². The first-order valence-electron chi connectivity index (χ1n) is 5.99. The zero-order chi connectivity index (χ0) is 13.9. The molecular formula is C14H16N2O2S. The number of para-hydroxylation sites is 2. The molecule has 2 rings (SSSR count). The highest BCUT2D eigenvalue weighted by Gasteiger charge is 2.25. The topological polar surface area (TPSA) is 63.4 Å². The Labute approximate surface area is 113 Å². The van der Waals surface area contributed by atoms with Gasteiger partial charge in [-0.05, 0) is 31.2 Å². The molecule has 0 aliphatic carbocycles. The molecule has 0 fully saturated rings. The molecule has 4 nitrogen and oxygen atoms in total. The first-order valence-corrected chi connectivity index (χ1v) is 7.43. The molecule has 2 aromatic rings. The second kappa shape index (κ2) is 5.32. The molecular weight excluding hydrogens is 260 g/mol. The van der Waals surface area contributed by atoms with Gasteiger partial charge in [0.2, 0.25) is 0 Å². The SMILES string of the molecule is CCN(c1ccccc1)S(=O)(=O)c1ccccc1N. The number of sulfonamides is 1. The molecule has 0 unspecified atom stereocenters. The van der Waals surface area contributed by atoms with E-state index in [9.17, 15) is 8.42 Å². The van der Waals surface area contributed by atoms with Crippen LogP contribution in [0.1, 0.15) is 6.92 Å². The third-order valence-corrected chi connectivity index (χ3v) is 4.80. The van der Waals surface area contributed by atoms with Gasteiger partial charge in [0.25, 0.3) is 10.0 Å². The maximum Gasteiger partial charge on any atom is 0.266 e. The molecule has 0 aliphatic heterocycles.